The van der Waals surface area contributed by atoms with Gasteiger partial charge in [-0.05, 0) is 94.4 Å². The Morgan fingerprint density at radius 2 is 1.80 bits per heavy atom. The van der Waals surface area contributed by atoms with Gasteiger partial charge < -0.3 is 34.1 Å². The molecular weight excluding hydrogens is 654 g/mol. The second-order valence-electron chi connectivity index (χ2n) is 15.8. The van der Waals surface area contributed by atoms with Crippen LogP contribution in [0.4, 0.5) is 5.69 Å². The van der Waals surface area contributed by atoms with E-state index in [-0.39, 0.29) is 30.0 Å². The molecule has 1 spiro atoms. The molecule has 3 fully saturated rings. The third kappa shape index (κ3) is 5.12. The monoisotopic (exact) mass is 703 g/mol. The van der Waals surface area contributed by atoms with Gasteiger partial charge in [-0.2, -0.15) is 0 Å². The zero-order valence-electron chi connectivity index (χ0n) is 30.4. The highest BCUT2D eigenvalue weighted by Gasteiger charge is 2.83. The van der Waals surface area contributed by atoms with E-state index in [4.69, 9.17) is 23.7 Å². The Bertz CT molecular complexity index is 1750. The number of aliphatic hydroxyl groups is 1. The Hall–Kier alpha value is -3.96. The highest BCUT2D eigenvalue weighted by molar-refractivity contribution is 5.98. The molecule has 2 heterocycles. The molecule has 2 saturated carbocycles. The first-order chi connectivity index (χ1) is 24.1. The van der Waals surface area contributed by atoms with E-state index in [1.165, 1.54) is 13.0 Å². The number of ketones is 1. The van der Waals surface area contributed by atoms with Crippen LogP contribution in [0, 0.1) is 28.6 Å². The molecule has 0 amide bonds. The van der Waals surface area contributed by atoms with E-state index >= 15 is 0 Å². The number of carbonyl (C=O) groups is 4. The lowest BCUT2D eigenvalue weighted by Crippen LogP contribution is -2.70. The Morgan fingerprint density at radius 3 is 2.47 bits per heavy atom. The fourth-order valence-electron chi connectivity index (χ4n) is 10.5. The van der Waals surface area contributed by atoms with Crippen molar-refractivity contribution in [3.8, 4) is 5.75 Å². The molecule has 11 nitrogen and oxygen atoms in total. The van der Waals surface area contributed by atoms with Crippen molar-refractivity contribution in [2.24, 2.45) is 28.6 Å². The van der Waals surface area contributed by atoms with Gasteiger partial charge in [-0.3, -0.25) is 14.4 Å². The Labute approximate surface area is 298 Å². The summed E-state index contributed by atoms with van der Waals surface area (Å²) in [6, 6.07) is 7.40. The lowest BCUT2D eigenvalue weighted by atomic mass is 9.42. The highest BCUT2D eigenvalue weighted by atomic mass is 16.7. The third-order valence-corrected chi connectivity index (χ3v) is 13.5. The van der Waals surface area contributed by atoms with Crippen molar-refractivity contribution >= 4 is 29.4 Å². The molecule has 6 aliphatic rings. The van der Waals surface area contributed by atoms with Crippen LogP contribution in [0.25, 0.3) is 0 Å². The Balaban J connectivity index is 1.13. The van der Waals surface area contributed by atoms with Crippen LogP contribution in [-0.4, -0.2) is 78.1 Å². The minimum absolute atomic E-state index is 0.105. The molecule has 0 aromatic heterocycles. The lowest BCUT2D eigenvalue weighted by Gasteiger charge is -2.61. The van der Waals surface area contributed by atoms with Gasteiger partial charge in [0.05, 0.1) is 25.0 Å². The number of methoxy groups -OCH3 is 1. The number of fused-ring (bicyclic) bond motifs is 4. The molecule has 0 radical (unpaired) electrons. The summed E-state index contributed by atoms with van der Waals surface area (Å²) in [4.78, 5) is 52.5. The quantitative estimate of drug-likeness (QED) is 0.155. The minimum Gasteiger partial charge on any atom is -0.497 e. The normalized spacial score (nSPS) is 39.7. The van der Waals surface area contributed by atoms with Crippen molar-refractivity contribution < 1.29 is 48.0 Å². The van der Waals surface area contributed by atoms with Crippen LogP contribution in [0.2, 0.25) is 0 Å². The molecule has 7 rings (SSSR count). The average molecular weight is 704 g/mol. The summed E-state index contributed by atoms with van der Waals surface area (Å²) < 4.78 is 29.6. The number of hydrogen-bond donors (Lipinski definition) is 2. The first-order valence-electron chi connectivity index (χ1n) is 18.1. The second kappa shape index (κ2) is 12.3. The van der Waals surface area contributed by atoms with Gasteiger partial charge in [0.1, 0.15) is 29.2 Å². The Kier molecular flexibility index (Phi) is 8.57. The number of anilines is 1. The number of esters is 3. The predicted molar refractivity (Wildman–Crippen MR) is 185 cm³/mol. The molecule has 11 heteroatoms. The molecule has 0 unspecified atom stereocenters. The summed E-state index contributed by atoms with van der Waals surface area (Å²) in [7, 11) is 1.60. The van der Waals surface area contributed by atoms with Crippen LogP contribution in [0.1, 0.15) is 73.6 Å². The topological polar surface area (TPSA) is 150 Å². The highest BCUT2D eigenvalue weighted by Crippen LogP contribution is 2.74. The second-order valence-corrected chi connectivity index (χ2v) is 15.8. The maximum atomic E-state index is 14.1. The lowest BCUT2D eigenvalue weighted by molar-refractivity contribution is -0.225. The number of benzene rings is 1. The standard InChI is InChI=1S/C40H49NO10/c1-21-18-30(49-36(45)22(21)2)23(3)28-19-33(48-24(4)42)39(46)29-20-34-40(51-34)32(13-12-31(43)38(40,6)27(29)14-16-37(28,39)5)50-35(44)15-17-41-25-8-10-26(47-7)11-9-25/h8-13,19,23,27,29-30,32-34,41,46H,14-18,20H2,1-7H3/t23-,27-,29+,30+,32-,33-,34+,37+,38-,39+,40+/m0/s1. The first kappa shape index (κ1) is 35.4. The predicted octanol–water partition coefficient (Wildman–Crippen LogP) is 5.02. The molecule has 11 atom stereocenters. The molecule has 1 aromatic carbocycles. The first-order valence-corrected chi connectivity index (χ1v) is 18.1. The molecule has 274 valence electrons. The summed E-state index contributed by atoms with van der Waals surface area (Å²) >= 11 is 0. The van der Waals surface area contributed by atoms with Gasteiger partial charge >= 0.3 is 17.9 Å². The maximum absolute atomic E-state index is 14.1. The number of allylic oxidation sites excluding steroid dienone is 1. The molecule has 51 heavy (non-hydrogen) atoms. The largest absolute Gasteiger partial charge is 0.497 e. The van der Waals surface area contributed by atoms with Crippen LogP contribution < -0.4 is 10.1 Å². The maximum Gasteiger partial charge on any atom is 0.333 e. The van der Waals surface area contributed by atoms with Crippen molar-refractivity contribution in [2.45, 2.75) is 109 Å². The van der Waals surface area contributed by atoms with Crippen LogP contribution in [0.5, 0.6) is 5.75 Å². The van der Waals surface area contributed by atoms with E-state index < -0.39 is 64.3 Å². The molecule has 1 aromatic rings. The molecule has 2 aliphatic heterocycles. The van der Waals surface area contributed by atoms with Gasteiger partial charge in [0.25, 0.3) is 0 Å². The summed E-state index contributed by atoms with van der Waals surface area (Å²) in [6.07, 6.45) is 4.53. The van der Waals surface area contributed by atoms with E-state index in [0.717, 1.165) is 22.6 Å². The number of cyclic esters (lactones) is 1. The number of ether oxygens (including phenoxy) is 5. The fourth-order valence-corrected chi connectivity index (χ4v) is 10.5. The van der Waals surface area contributed by atoms with E-state index in [1.807, 2.05) is 58.0 Å². The summed E-state index contributed by atoms with van der Waals surface area (Å²) in [5, 5.41) is 16.4. The van der Waals surface area contributed by atoms with Crippen molar-refractivity contribution in [3.05, 3.63) is 59.2 Å². The van der Waals surface area contributed by atoms with Crippen molar-refractivity contribution in [3.63, 3.8) is 0 Å². The summed E-state index contributed by atoms with van der Waals surface area (Å²) in [5.41, 5.74) is -1.24. The van der Waals surface area contributed by atoms with Gasteiger partial charge in [-0.25, -0.2) is 4.79 Å². The number of rotatable bonds is 9. The zero-order valence-corrected chi connectivity index (χ0v) is 30.4. The smallest absolute Gasteiger partial charge is 0.333 e. The SMILES string of the molecule is COc1ccc(NCCC(=O)O[C@H]2C=CC(=O)[C@]3(C)[C@H]4CC[C@]5(C)C([C@H](C)[C@H]6CC(C)=C(C)C(=O)O6)=C[C@H](OC(C)=O)[C@]5(O)[C@@H]4C[C@H]4O[C@]243)cc1. The van der Waals surface area contributed by atoms with Crippen molar-refractivity contribution in [1.29, 1.82) is 0 Å². The van der Waals surface area contributed by atoms with Gasteiger partial charge in [0.15, 0.2) is 11.9 Å². The number of carbonyl (C=O) groups excluding carboxylic acids is 4. The van der Waals surface area contributed by atoms with E-state index in [2.05, 4.69) is 5.32 Å². The van der Waals surface area contributed by atoms with E-state index in [1.54, 1.807) is 20.1 Å². The van der Waals surface area contributed by atoms with Gasteiger partial charge in [0.2, 0.25) is 0 Å². The molecule has 4 aliphatic carbocycles. The molecule has 0 bridgehead atoms. The van der Waals surface area contributed by atoms with E-state index in [0.29, 0.717) is 37.8 Å². The van der Waals surface area contributed by atoms with Gasteiger partial charge in [-0.1, -0.05) is 25.0 Å². The molecule has 2 N–H and O–H groups in total. The van der Waals surface area contributed by atoms with Crippen molar-refractivity contribution in [1.82, 2.24) is 0 Å². The third-order valence-electron chi connectivity index (χ3n) is 13.5. The number of hydrogen-bond acceptors (Lipinski definition) is 11. The zero-order chi connectivity index (χ0) is 36.7. The summed E-state index contributed by atoms with van der Waals surface area (Å²) in [5.74, 6) is -1.77. The van der Waals surface area contributed by atoms with Crippen LogP contribution in [-0.2, 0) is 38.1 Å². The fraction of sp³-hybridized carbons (Fsp3) is 0.600. The van der Waals surface area contributed by atoms with Gasteiger partial charge in [0, 0.05) is 42.5 Å². The number of nitrogens with one attached hydrogen (secondary N) is 1. The van der Waals surface area contributed by atoms with Gasteiger partial charge in [-0.15, -0.1) is 0 Å². The average Bonchev–Trinajstić information content (AvgIpc) is 3.78. The minimum atomic E-state index is -1.56. The van der Waals surface area contributed by atoms with Crippen LogP contribution >= 0.6 is 0 Å². The Morgan fingerprint density at radius 1 is 1.08 bits per heavy atom. The van der Waals surface area contributed by atoms with Crippen LogP contribution in [0.15, 0.2) is 59.2 Å². The van der Waals surface area contributed by atoms with Crippen LogP contribution in [0.3, 0.4) is 0 Å². The van der Waals surface area contributed by atoms with E-state index in [9.17, 15) is 24.3 Å². The van der Waals surface area contributed by atoms with Crippen molar-refractivity contribution in [2.75, 3.05) is 19.0 Å². The molecular formula is C40H49NO10. The molecule has 1 saturated heterocycles. The summed E-state index contributed by atoms with van der Waals surface area (Å²) in [6.45, 7) is 11.3. The number of epoxide rings is 1.